The first-order chi connectivity index (χ1) is 8.95. The van der Waals surface area contributed by atoms with Crippen molar-refractivity contribution in [1.82, 2.24) is 19.1 Å². The predicted molar refractivity (Wildman–Crippen MR) is 77.2 cm³/mol. The van der Waals surface area contributed by atoms with Gasteiger partial charge >= 0.3 is 0 Å². The lowest BCUT2D eigenvalue weighted by Crippen LogP contribution is -2.22. The summed E-state index contributed by atoms with van der Waals surface area (Å²) in [4.78, 5) is 5.41. The molecule has 2 aromatic rings. The van der Waals surface area contributed by atoms with Crippen molar-refractivity contribution in [2.24, 2.45) is 5.73 Å². The molecule has 2 aromatic heterocycles. The number of hydrogen-bond donors (Lipinski definition) is 1. The highest BCUT2D eigenvalue weighted by Crippen LogP contribution is 2.31. The van der Waals surface area contributed by atoms with Gasteiger partial charge in [-0.15, -0.1) is 5.10 Å². The maximum Gasteiger partial charge on any atom is 0.131 e. The fraction of sp³-hybridized carbons (Fsp3) is 0.615. The Balaban J connectivity index is 2.37. The van der Waals surface area contributed by atoms with Gasteiger partial charge in [-0.2, -0.15) is 0 Å². The van der Waals surface area contributed by atoms with Gasteiger partial charge in [-0.05, 0) is 18.0 Å². The Morgan fingerprint density at radius 3 is 2.79 bits per heavy atom. The van der Waals surface area contributed by atoms with Crippen molar-refractivity contribution >= 4 is 11.5 Å². The van der Waals surface area contributed by atoms with Crippen molar-refractivity contribution in [2.75, 3.05) is 0 Å². The van der Waals surface area contributed by atoms with Gasteiger partial charge in [0.1, 0.15) is 11.9 Å². The molecule has 104 valence electrons. The van der Waals surface area contributed by atoms with E-state index in [1.54, 1.807) is 6.20 Å². The van der Waals surface area contributed by atoms with E-state index in [4.69, 9.17) is 5.73 Å². The summed E-state index contributed by atoms with van der Waals surface area (Å²) in [5.41, 5.74) is 7.30. The first-order valence-corrected chi connectivity index (χ1v) is 7.31. The van der Waals surface area contributed by atoms with Crippen molar-refractivity contribution in [2.45, 2.75) is 52.1 Å². The molecule has 19 heavy (non-hydrogen) atoms. The van der Waals surface area contributed by atoms with Gasteiger partial charge in [-0.25, -0.2) is 4.98 Å². The van der Waals surface area contributed by atoms with E-state index in [0.717, 1.165) is 29.4 Å². The van der Waals surface area contributed by atoms with E-state index in [0.29, 0.717) is 0 Å². The molecule has 0 saturated carbocycles. The molecule has 1 atom stereocenters. The molecule has 0 aliphatic heterocycles. The summed E-state index contributed by atoms with van der Waals surface area (Å²) in [6.07, 6.45) is 4.84. The average Bonchev–Trinajstić information content (AvgIpc) is 2.95. The number of imidazole rings is 1. The molecule has 2 rings (SSSR count). The Labute approximate surface area is 118 Å². The maximum absolute atomic E-state index is 6.38. The lowest BCUT2D eigenvalue weighted by atomic mass is 9.90. The molecule has 0 aliphatic carbocycles. The highest BCUT2D eigenvalue weighted by Gasteiger charge is 2.28. The zero-order valence-electron chi connectivity index (χ0n) is 11.9. The molecule has 6 heteroatoms. The SMILES string of the molecule is CCCn1ccnc1C(N)c1snnc1C(C)(C)C. The topological polar surface area (TPSA) is 69.6 Å². The monoisotopic (exact) mass is 279 g/mol. The van der Waals surface area contributed by atoms with Gasteiger partial charge < -0.3 is 10.3 Å². The quantitative estimate of drug-likeness (QED) is 0.933. The molecule has 2 heterocycles. The Morgan fingerprint density at radius 1 is 1.42 bits per heavy atom. The van der Waals surface area contributed by atoms with Gasteiger partial charge in [0, 0.05) is 24.4 Å². The van der Waals surface area contributed by atoms with Crippen LogP contribution in [-0.2, 0) is 12.0 Å². The second kappa shape index (κ2) is 5.38. The second-order valence-electron chi connectivity index (χ2n) is 5.69. The zero-order valence-corrected chi connectivity index (χ0v) is 12.7. The third-order valence-corrected chi connectivity index (χ3v) is 3.80. The van der Waals surface area contributed by atoms with Crippen LogP contribution in [0.3, 0.4) is 0 Å². The maximum atomic E-state index is 6.38. The van der Waals surface area contributed by atoms with Crippen LogP contribution in [0.15, 0.2) is 12.4 Å². The minimum atomic E-state index is -0.254. The number of hydrogen-bond acceptors (Lipinski definition) is 5. The lowest BCUT2D eigenvalue weighted by Gasteiger charge is -2.19. The standard InChI is InChI=1S/C13H21N5S/c1-5-7-18-8-6-15-12(18)9(14)10-11(13(2,3)4)16-17-19-10/h6,8-9H,5,7,14H2,1-4H3. The molecule has 0 bridgehead atoms. The van der Waals surface area contributed by atoms with E-state index in [2.05, 4.69) is 46.8 Å². The van der Waals surface area contributed by atoms with Crippen LogP contribution >= 0.6 is 11.5 Å². The van der Waals surface area contributed by atoms with Crippen LogP contribution in [0.4, 0.5) is 0 Å². The number of nitrogens with zero attached hydrogens (tertiary/aromatic N) is 4. The van der Waals surface area contributed by atoms with E-state index in [1.807, 2.05) is 6.20 Å². The van der Waals surface area contributed by atoms with Gasteiger partial charge in [-0.3, -0.25) is 0 Å². The highest BCUT2D eigenvalue weighted by atomic mass is 32.1. The first kappa shape index (κ1) is 14.1. The molecule has 5 nitrogen and oxygen atoms in total. The molecule has 0 spiro atoms. The van der Waals surface area contributed by atoms with E-state index >= 15 is 0 Å². The smallest absolute Gasteiger partial charge is 0.131 e. The average molecular weight is 279 g/mol. The van der Waals surface area contributed by atoms with Crippen molar-refractivity contribution in [3.05, 3.63) is 28.8 Å². The lowest BCUT2D eigenvalue weighted by molar-refractivity contribution is 0.549. The van der Waals surface area contributed by atoms with Crippen LogP contribution in [-0.4, -0.2) is 19.1 Å². The summed E-state index contributed by atoms with van der Waals surface area (Å²) in [5.74, 6) is 0.887. The molecule has 0 radical (unpaired) electrons. The largest absolute Gasteiger partial charge is 0.333 e. The predicted octanol–water partition coefficient (Wildman–Crippen LogP) is 2.49. The van der Waals surface area contributed by atoms with Gasteiger partial charge in [0.15, 0.2) is 0 Å². The van der Waals surface area contributed by atoms with Crippen molar-refractivity contribution in [3.8, 4) is 0 Å². The highest BCUT2D eigenvalue weighted by molar-refractivity contribution is 7.05. The van der Waals surface area contributed by atoms with E-state index in [9.17, 15) is 0 Å². The van der Waals surface area contributed by atoms with Crippen LogP contribution in [0.25, 0.3) is 0 Å². The van der Waals surface area contributed by atoms with Crippen LogP contribution in [0.5, 0.6) is 0 Å². The third kappa shape index (κ3) is 2.84. The molecule has 0 amide bonds. The summed E-state index contributed by atoms with van der Waals surface area (Å²) < 4.78 is 6.18. The third-order valence-electron chi connectivity index (χ3n) is 3.00. The summed E-state index contributed by atoms with van der Waals surface area (Å²) >= 11 is 1.37. The number of rotatable bonds is 4. The molecular weight excluding hydrogens is 258 g/mol. The summed E-state index contributed by atoms with van der Waals surface area (Å²) in [7, 11) is 0. The van der Waals surface area contributed by atoms with Gasteiger partial charge in [0.2, 0.25) is 0 Å². The van der Waals surface area contributed by atoms with E-state index in [1.165, 1.54) is 11.5 Å². The molecule has 1 unspecified atom stereocenters. The number of aromatic nitrogens is 4. The van der Waals surface area contributed by atoms with E-state index < -0.39 is 0 Å². The van der Waals surface area contributed by atoms with Crippen LogP contribution in [0.2, 0.25) is 0 Å². The van der Waals surface area contributed by atoms with Crippen molar-refractivity contribution in [3.63, 3.8) is 0 Å². The van der Waals surface area contributed by atoms with Crippen LogP contribution in [0, 0.1) is 0 Å². The van der Waals surface area contributed by atoms with Crippen LogP contribution < -0.4 is 5.73 Å². The molecule has 0 fully saturated rings. The summed E-state index contributed by atoms with van der Waals surface area (Å²) in [6, 6.07) is -0.254. The molecular formula is C13H21N5S. The Bertz CT molecular complexity index is 537. The minimum Gasteiger partial charge on any atom is -0.333 e. The van der Waals surface area contributed by atoms with Crippen LogP contribution in [0.1, 0.15) is 56.6 Å². The Hall–Kier alpha value is -1.27. The fourth-order valence-corrected chi connectivity index (χ4v) is 2.93. The molecule has 0 saturated heterocycles. The van der Waals surface area contributed by atoms with E-state index in [-0.39, 0.29) is 11.5 Å². The normalized spacial score (nSPS) is 13.7. The number of nitrogens with two attached hydrogens (primary N) is 1. The molecule has 0 aliphatic rings. The Kier molecular flexibility index (Phi) is 4.01. The van der Waals surface area contributed by atoms with Gasteiger partial charge in [0.05, 0.1) is 10.6 Å². The first-order valence-electron chi connectivity index (χ1n) is 6.54. The van der Waals surface area contributed by atoms with Crippen molar-refractivity contribution < 1.29 is 0 Å². The second-order valence-corrected chi connectivity index (χ2v) is 6.48. The summed E-state index contributed by atoms with van der Waals surface area (Å²) in [5, 5.41) is 4.25. The fourth-order valence-electron chi connectivity index (χ4n) is 2.07. The molecule has 2 N–H and O–H groups in total. The zero-order chi connectivity index (χ0) is 14.0. The molecule has 0 aromatic carbocycles. The Morgan fingerprint density at radius 2 is 2.16 bits per heavy atom. The number of aryl methyl sites for hydroxylation is 1. The van der Waals surface area contributed by atoms with Crippen molar-refractivity contribution in [1.29, 1.82) is 0 Å². The minimum absolute atomic E-state index is 0.0534. The van der Waals surface area contributed by atoms with Gasteiger partial charge in [-0.1, -0.05) is 32.2 Å². The summed E-state index contributed by atoms with van der Waals surface area (Å²) in [6.45, 7) is 9.44. The van der Waals surface area contributed by atoms with Gasteiger partial charge in [0.25, 0.3) is 0 Å².